The predicted molar refractivity (Wildman–Crippen MR) is 121 cm³/mol. The van der Waals surface area contributed by atoms with Crippen LogP contribution in [0.15, 0.2) is 24.5 Å². The molecule has 0 radical (unpaired) electrons. The number of alkyl halides is 3. The summed E-state index contributed by atoms with van der Waals surface area (Å²) in [5.74, 6) is 0.288. The summed E-state index contributed by atoms with van der Waals surface area (Å²) in [4.78, 5) is 38.1. The van der Waals surface area contributed by atoms with E-state index < -0.39 is 17.7 Å². The average Bonchev–Trinajstić information content (AvgIpc) is 3.23. The van der Waals surface area contributed by atoms with Gasteiger partial charge in [-0.15, -0.1) is 0 Å². The van der Waals surface area contributed by atoms with E-state index in [1.54, 1.807) is 38.2 Å². The van der Waals surface area contributed by atoms with Crippen LogP contribution in [-0.4, -0.2) is 49.5 Å². The number of halogens is 3. The highest BCUT2D eigenvalue weighted by Crippen LogP contribution is 2.32. The van der Waals surface area contributed by atoms with Gasteiger partial charge in [0.2, 0.25) is 11.9 Å². The van der Waals surface area contributed by atoms with Gasteiger partial charge < -0.3 is 15.5 Å². The average molecular weight is 488 g/mol. The van der Waals surface area contributed by atoms with Crippen LogP contribution in [0, 0.1) is 6.92 Å². The minimum Gasteiger partial charge on any atom is -0.350 e. The molecule has 4 rings (SSSR count). The SMILES string of the molecule is CC(=O)c1nc(C(F)(F)F)ccc1Cn1cc(CNc2nc(C)c3c(n2)N(C)[C@@H](C)C(=O)N3)cn1. The number of Topliss-reactive ketones (excluding diaryl/α,β-unsaturated/α-hetero) is 1. The molecule has 13 heteroatoms. The second-order valence-electron chi connectivity index (χ2n) is 8.27. The van der Waals surface area contributed by atoms with E-state index in [1.165, 1.54) is 17.7 Å². The highest BCUT2D eigenvalue weighted by atomic mass is 19.4. The van der Waals surface area contributed by atoms with Crippen molar-refractivity contribution in [3.8, 4) is 0 Å². The molecule has 1 amide bonds. The fraction of sp³-hybridized carbons (Fsp3) is 0.364. The number of pyridine rings is 1. The fourth-order valence-corrected chi connectivity index (χ4v) is 3.64. The quantitative estimate of drug-likeness (QED) is 0.509. The van der Waals surface area contributed by atoms with Crippen LogP contribution < -0.4 is 15.5 Å². The number of ketones is 1. The van der Waals surface area contributed by atoms with E-state index in [9.17, 15) is 22.8 Å². The molecule has 0 fully saturated rings. The van der Waals surface area contributed by atoms with Crippen LogP contribution in [0.25, 0.3) is 0 Å². The summed E-state index contributed by atoms with van der Waals surface area (Å²) in [6.07, 6.45) is -1.34. The normalized spacial score (nSPS) is 15.6. The van der Waals surface area contributed by atoms with Crippen LogP contribution in [0.3, 0.4) is 0 Å². The van der Waals surface area contributed by atoms with Gasteiger partial charge >= 0.3 is 6.18 Å². The Morgan fingerprint density at radius 3 is 2.66 bits per heavy atom. The number of aryl methyl sites for hydroxylation is 1. The zero-order valence-corrected chi connectivity index (χ0v) is 19.4. The highest BCUT2D eigenvalue weighted by molar-refractivity contribution is 6.03. The number of anilines is 3. The first-order valence-electron chi connectivity index (χ1n) is 10.7. The first-order valence-corrected chi connectivity index (χ1v) is 10.7. The molecular weight excluding hydrogens is 465 g/mol. The Hall–Kier alpha value is -4.03. The van der Waals surface area contributed by atoms with Crippen molar-refractivity contribution < 1.29 is 22.8 Å². The molecule has 35 heavy (non-hydrogen) atoms. The second-order valence-corrected chi connectivity index (χ2v) is 8.27. The van der Waals surface area contributed by atoms with E-state index in [-0.39, 0.29) is 24.2 Å². The maximum absolute atomic E-state index is 13.0. The van der Waals surface area contributed by atoms with E-state index in [2.05, 4.69) is 30.7 Å². The summed E-state index contributed by atoms with van der Waals surface area (Å²) in [5.41, 5.74) is 0.937. The zero-order valence-electron chi connectivity index (χ0n) is 19.4. The van der Waals surface area contributed by atoms with E-state index in [0.717, 1.165) is 11.6 Å². The van der Waals surface area contributed by atoms with Crippen LogP contribution in [0.4, 0.5) is 30.6 Å². The van der Waals surface area contributed by atoms with Crippen LogP contribution in [-0.2, 0) is 24.1 Å². The third kappa shape index (κ3) is 4.93. The lowest BCUT2D eigenvalue weighted by molar-refractivity contribution is -0.141. The number of rotatable bonds is 6. The topological polar surface area (TPSA) is 118 Å². The molecule has 3 aromatic heterocycles. The molecule has 2 N–H and O–H groups in total. The van der Waals surface area contributed by atoms with Crippen LogP contribution >= 0.6 is 0 Å². The van der Waals surface area contributed by atoms with E-state index in [0.29, 0.717) is 35.3 Å². The smallest absolute Gasteiger partial charge is 0.350 e. The van der Waals surface area contributed by atoms with Gasteiger partial charge in [-0.05, 0) is 19.9 Å². The number of likely N-dealkylation sites (N-methyl/N-ethyl adjacent to an activating group) is 1. The van der Waals surface area contributed by atoms with Crippen molar-refractivity contribution in [3.63, 3.8) is 0 Å². The number of nitrogens with one attached hydrogen (secondary N) is 2. The Kier molecular flexibility index (Phi) is 6.17. The molecule has 1 atom stereocenters. The maximum atomic E-state index is 13.0. The predicted octanol–water partition coefficient (Wildman–Crippen LogP) is 3.04. The third-order valence-electron chi connectivity index (χ3n) is 5.69. The van der Waals surface area contributed by atoms with E-state index in [1.807, 2.05) is 0 Å². The molecule has 0 saturated carbocycles. The van der Waals surface area contributed by atoms with Gasteiger partial charge in [-0.25, -0.2) is 9.97 Å². The van der Waals surface area contributed by atoms with Crippen LogP contribution in [0.2, 0.25) is 0 Å². The molecule has 1 aliphatic heterocycles. The molecule has 0 saturated heterocycles. The number of hydrogen-bond acceptors (Lipinski definition) is 8. The van der Waals surface area contributed by atoms with Gasteiger partial charge in [0, 0.05) is 37.8 Å². The Labute approximate surface area is 198 Å². The van der Waals surface area contributed by atoms with Crippen molar-refractivity contribution in [2.24, 2.45) is 0 Å². The number of fused-ring (bicyclic) bond motifs is 1. The Bertz CT molecular complexity index is 1300. The molecular formula is C22H23F3N8O2. The first-order chi connectivity index (χ1) is 16.4. The maximum Gasteiger partial charge on any atom is 0.433 e. The Morgan fingerprint density at radius 2 is 1.97 bits per heavy atom. The lowest BCUT2D eigenvalue weighted by Gasteiger charge is -2.32. The fourth-order valence-electron chi connectivity index (χ4n) is 3.64. The minimum absolute atomic E-state index is 0.0802. The summed E-state index contributed by atoms with van der Waals surface area (Å²) in [6.45, 7) is 5.14. The van der Waals surface area contributed by atoms with Crippen LogP contribution in [0.5, 0.6) is 0 Å². The van der Waals surface area contributed by atoms with Crippen molar-refractivity contribution in [2.75, 3.05) is 22.6 Å². The summed E-state index contributed by atoms with van der Waals surface area (Å²) < 4.78 is 40.4. The second kappa shape index (κ2) is 8.96. The summed E-state index contributed by atoms with van der Waals surface area (Å²) in [7, 11) is 1.79. The van der Waals surface area contributed by atoms with E-state index in [4.69, 9.17) is 0 Å². The van der Waals surface area contributed by atoms with Gasteiger partial charge in [0.25, 0.3) is 0 Å². The van der Waals surface area contributed by atoms with Crippen molar-refractivity contribution in [1.82, 2.24) is 24.7 Å². The molecule has 0 unspecified atom stereocenters. The monoisotopic (exact) mass is 488 g/mol. The minimum atomic E-state index is -4.64. The molecule has 10 nitrogen and oxygen atoms in total. The first kappa shape index (κ1) is 24.1. The number of amides is 1. The Morgan fingerprint density at radius 1 is 1.23 bits per heavy atom. The van der Waals surface area contributed by atoms with Gasteiger partial charge in [-0.2, -0.15) is 23.3 Å². The van der Waals surface area contributed by atoms with Gasteiger partial charge in [-0.1, -0.05) is 6.07 Å². The molecule has 0 spiro atoms. The van der Waals surface area contributed by atoms with E-state index >= 15 is 0 Å². The number of nitrogens with zero attached hydrogens (tertiary/aromatic N) is 6. The van der Waals surface area contributed by atoms with Crippen molar-refractivity contribution >= 4 is 29.1 Å². The Balaban J connectivity index is 1.48. The third-order valence-corrected chi connectivity index (χ3v) is 5.69. The summed E-state index contributed by atoms with van der Waals surface area (Å²) in [6, 6.07) is 1.72. The lowest BCUT2D eigenvalue weighted by Crippen LogP contribution is -2.44. The number of aromatic nitrogens is 5. The van der Waals surface area contributed by atoms with Gasteiger partial charge in [0.15, 0.2) is 11.6 Å². The van der Waals surface area contributed by atoms with Gasteiger partial charge in [-0.3, -0.25) is 14.3 Å². The largest absolute Gasteiger partial charge is 0.433 e. The molecule has 4 heterocycles. The number of carbonyl (C=O) groups is 2. The summed E-state index contributed by atoms with van der Waals surface area (Å²) in [5, 5.41) is 10.2. The molecule has 184 valence electrons. The summed E-state index contributed by atoms with van der Waals surface area (Å²) >= 11 is 0. The highest BCUT2D eigenvalue weighted by Gasteiger charge is 2.33. The molecule has 1 aliphatic rings. The van der Waals surface area contributed by atoms with Crippen molar-refractivity contribution in [3.05, 3.63) is 52.7 Å². The standard InChI is InChI=1S/C22H23F3N8O2/c1-11-17-19(32(4)12(2)20(35)30-17)31-21(28-11)26-7-14-8-27-33(9-14)10-15-5-6-16(22(23,24)25)29-18(15)13(3)34/h5-6,8-9,12H,7,10H2,1-4H3,(H,30,35)(H,26,28,31)/t12-/m0/s1. The van der Waals surface area contributed by atoms with Crippen LogP contribution in [0.1, 0.15) is 46.9 Å². The molecule has 0 aromatic carbocycles. The number of carbonyl (C=O) groups excluding carboxylic acids is 2. The van der Waals surface area contributed by atoms with Crippen molar-refractivity contribution in [2.45, 2.75) is 46.1 Å². The number of hydrogen-bond donors (Lipinski definition) is 2. The molecule has 0 bridgehead atoms. The molecule has 0 aliphatic carbocycles. The van der Waals surface area contributed by atoms with Crippen molar-refractivity contribution in [1.29, 1.82) is 0 Å². The zero-order chi connectivity index (χ0) is 25.5. The van der Waals surface area contributed by atoms with Gasteiger partial charge in [0.1, 0.15) is 23.1 Å². The van der Waals surface area contributed by atoms with Gasteiger partial charge in [0.05, 0.1) is 18.4 Å². The molecule has 3 aromatic rings. The lowest BCUT2D eigenvalue weighted by atomic mass is 10.1.